The maximum Gasteiger partial charge on any atom is 0.0493 e. The summed E-state index contributed by atoms with van der Waals surface area (Å²) in [5.74, 6) is 0. The van der Waals surface area contributed by atoms with Gasteiger partial charge in [0.05, 0.1) is 0 Å². The minimum atomic E-state index is 0.784. The summed E-state index contributed by atoms with van der Waals surface area (Å²) in [4.78, 5) is 4.96. The number of fused-ring (bicyclic) bond motifs is 2. The predicted molar refractivity (Wildman–Crippen MR) is 171 cm³/mol. The summed E-state index contributed by atoms with van der Waals surface area (Å²) in [6, 6.07) is 52.1. The molecule has 0 aliphatic heterocycles. The Hall–Kier alpha value is -4.66. The summed E-state index contributed by atoms with van der Waals surface area (Å²) in [5.41, 5.74) is 5.12. The van der Waals surface area contributed by atoms with Crippen molar-refractivity contribution in [3.63, 3.8) is 0 Å². The van der Waals surface area contributed by atoms with Crippen molar-refractivity contribution in [3.8, 4) is 0 Å². The number of rotatable bonds is 10. The highest BCUT2D eigenvalue weighted by Crippen LogP contribution is 2.36. The molecule has 0 aliphatic carbocycles. The molecule has 0 heterocycles. The standard InChI is InChI=1S/C38H34N2/c1-3-15-31(16-4-1)29-39(30-32-17-5-2-6-18-32)27-11-12-28-40(37-25-13-21-33-19-7-9-23-35(33)37)38-26-14-22-34-20-8-10-24-36(34)38/h1-26H,27-30H2. The summed E-state index contributed by atoms with van der Waals surface area (Å²) in [7, 11) is 0. The van der Waals surface area contributed by atoms with Crippen LogP contribution in [0.2, 0.25) is 0 Å². The van der Waals surface area contributed by atoms with Gasteiger partial charge >= 0.3 is 0 Å². The first-order valence-corrected chi connectivity index (χ1v) is 14.0. The van der Waals surface area contributed by atoms with E-state index in [1.807, 2.05) is 0 Å². The molecule has 0 bridgehead atoms. The van der Waals surface area contributed by atoms with E-state index in [0.29, 0.717) is 0 Å². The largest absolute Gasteiger partial charge is 0.337 e. The molecule has 40 heavy (non-hydrogen) atoms. The van der Waals surface area contributed by atoms with E-state index >= 15 is 0 Å². The molecule has 6 aromatic rings. The highest BCUT2D eigenvalue weighted by molar-refractivity contribution is 6.01. The summed E-state index contributed by atoms with van der Waals surface area (Å²) < 4.78 is 0. The van der Waals surface area contributed by atoms with Crippen LogP contribution in [-0.2, 0) is 13.1 Å². The highest BCUT2D eigenvalue weighted by Gasteiger charge is 2.14. The molecule has 0 aromatic heterocycles. The SMILES string of the molecule is C(=CCN(c1cccc2ccccc12)c1cccc2ccccc12)CN(Cc1ccccc1)Cc1ccccc1. The van der Waals surface area contributed by atoms with E-state index in [1.54, 1.807) is 0 Å². The average molecular weight is 519 g/mol. The fourth-order valence-corrected chi connectivity index (χ4v) is 5.49. The van der Waals surface area contributed by atoms with E-state index in [9.17, 15) is 0 Å². The molecule has 0 atom stereocenters. The third-order valence-corrected chi connectivity index (χ3v) is 7.43. The second kappa shape index (κ2) is 12.5. The van der Waals surface area contributed by atoms with Crippen molar-refractivity contribution >= 4 is 32.9 Å². The minimum Gasteiger partial charge on any atom is -0.337 e. The van der Waals surface area contributed by atoms with Gasteiger partial charge in [-0.05, 0) is 34.0 Å². The lowest BCUT2D eigenvalue weighted by atomic mass is 10.0. The van der Waals surface area contributed by atoms with Gasteiger partial charge in [0.2, 0.25) is 0 Å². The van der Waals surface area contributed by atoms with Crippen molar-refractivity contribution in [2.24, 2.45) is 0 Å². The highest BCUT2D eigenvalue weighted by atomic mass is 15.1. The van der Waals surface area contributed by atoms with Crippen LogP contribution < -0.4 is 4.90 Å². The molecular weight excluding hydrogens is 484 g/mol. The second-order valence-electron chi connectivity index (χ2n) is 10.2. The zero-order chi connectivity index (χ0) is 27.0. The first-order chi connectivity index (χ1) is 19.8. The van der Waals surface area contributed by atoms with Crippen molar-refractivity contribution in [2.45, 2.75) is 13.1 Å². The molecule has 0 aliphatic rings. The van der Waals surface area contributed by atoms with Gasteiger partial charge in [-0.1, -0.05) is 146 Å². The van der Waals surface area contributed by atoms with Crippen LogP contribution in [0, 0.1) is 0 Å². The van der Waals surface area contributed by atoms with E-state index in [4.69, 9.17) is 0 Å². The fraction of sp³-hybridized carbons (Fsp3) is 0.105. The molecule has 0 unspecified atom stereocenters. The van der Waals surface area contributed by atoms with Crippen molar-refractivity contribution in [1.82, 2.24) is 4.90 Å². The van der Waals surface area contributed by atoms with Crippen LogP contribution >= 0.6 is 0 Å². The van der Waals surface area contributed by atoms with E-state index < -0.39 is 0 Å². The zero-order valence-corrected chi connectivity index (χ0v) is 22.7. The van der Waals surface area contributed by atoms with Gasteiger partial charge in [-0.25, -0.2) is 0 Å². The Kier molecular flexibility index (Phi) is 7.98. The normalized spacial score (nSPS) is 11.5. The van der Waals surface area contributed by atoms with Crippen LogP contribution in [0.15, 0.2) is 158 Å². The molecule has 0 saturated carbocycles. The quantitative estimate of drug-likeness (QED) is 0.167. The zero-order valence-electron chi connectivity index (χ0n) is 22.7. The Morgan fingerprint density at radius 3 is 1.35 bits per heavy atom. The monoisotopic (exact) mass is 518 g/mol. The van der Waals surface area contributed by atoms with Gasteiger partial charge in [0, 0.05) is 48.3 Å². The van der Waals surface area contributed by atoms with Crippen molar-refractivity contribution < 1.29 is 0 Å². The lowest BCUT2D eigenvalue weighted by molar-refractivity contribution is 0.286. The molecule has 6 rings (SSSR count). The van der Waals surface area contributed by atoms with E-state index in [1.165, 1.54) is 44.0 Å². The summed E-state index contributed by atoms with van der Waals surface area (Å²) in [6.07, 6.45) is 4.65. The molecule has 0 spiro atoms. The van der Waals surface area contributed by atoms with Gasteiger partial charge in [0.1, 0.15) is 0 Å². The van der Waals surface area contributed by atoms with E-state index in [2.05, 4.69) is 168 Å². The number of nitrogens with zero attached hydrogens (tertiary/aromatic N) is 2. The molecule has 2 heteroatoms. The van der Waals surface area contributed by atoms with Gasteiger partial charge in [-0.2, -0.15) is 0 Å². The van der Waals surface area contributed by atoms with Crippen LogP contribution in [0.5, 0.6) is 0 Å². The smallest absolute Gasteiger partial charge is 0.0493 e. The Morgan fingerprint density at radius 1 is 0.400 bits per heavy atom. The first-order valence-electron chi connectivity index (χ1n) is 14.0. The summed E-state index contributed by atoms with van der Waals surface area (Å²) >= 11 is 0. The summed E-state index contributed by atoms with van der Waals surface area (Å²) in [5, 5.41) is 5.04. The number of hydrogen-bond donors (Lipinski definition) is 0. The van der Waals surface area contributed by atoms with E-state index in [0.717, 1.165) is 26.2 Å². The van der Waals surface area contributed by atoms with Crippen molar-refractivity contribution in [1.29, 1.82) is 0 Å². The topological polar surface area (TPSA) is 6.48 Å². The van der Waals surface area contributed by atoms with Gasteiger partial charge in [-0.15, -0.1) is 0 Å². The van der Waals surface area contributed by atoms with Gasteiger partial charge in [0.25, 0.3) is 0 Å². The first kappa shape index (κ1) is 25.6. The Morgan fingerprint density at radius 2 is 0.825 bits per heavy atom. The Bertz CT molecular complexity index is 1580. The lowest BCUT2D eigenvalue weighted by Crippen LogP contribution is -2.23. The third kappa shape index (κ3) is 5.98. The molecule has 0 amide bonds. The molecule has 196 valence electrons. The number of anilines is 2. The second-order valence-corrected chi connectivity index (χ2v) is 10.2. The predicted octanol–water partition coefficient (Wildman–Crippen LogP) is 9.39. The van der Waals surface area contributed by atoms with Gasteiger partial charge < -0.3 is 4.90 Å². The van der Waals surface area contributed by atoms with Crippen LogP contribution in [0.1, 0.15) is 11.1 Å². The third-order valence-electron chi connectivity index (χ3n) is 7.43. The van der Waals surface area contributed by atoms with Crippen molar-refractivity contribution in [3.05, 3.63) is 169 Å². The minimum absolute atomic E-state index is 0.784. The maximum atomic E-state index is 2.50. The van der Waals surface area contributed by atoms with Crippen LogP contribution in [-0.4, -0.2) is 18.0 Å². The molecule has 0 fully saturated rings. The molecular formula is C38H34N2. The number of hydrogen-bond acceptors (Lipinski definition) is 2. The van der Waals surface area contributed by atoms with Crippen LogP contribution in [0.25, 0.3) is 21.5 Å². The van der Waals surface area contributed by atoms with Gasteiger partial charge in [0.15, 0.2) is 0 Å². The fourth-order valence-electron chi connectivity index (χ4n) is 5.49. The molecule has 2 nitrogen and oxygen atoms in total. The van der Waals surface area contributed by atoms with Crippen LogP contribution in [0.3, 0.4) is 0 Å². The van der Waals surface area contributed by atoms with Crippen molar-refractivity contribution in [2.75, 3.05) is 18.0 Å². The molecule has 0 radical (unpaired) electrons. The van der Waals surface area contributed by atoms with Crippen LogP contribution in [0.4, 0.5) is 11.4 Å². The Labute approximate surface area is 237 Å². The Balaban J connectivity index is 1.30. The number of benzene rings is 6. The molecule has 0 saturated heterocycles. The maximum absolute atomic E-state index is 2.50. The summed E-state index contributed by atoms with van der Waals surface area (Å²) in [6.45, 7) is 3.49. The molecule has 6 aromatic carbocycles. The lowest BCUT2D eigenvalue weighted by Gasteiger charge is -2.27. The van der Waals surface area contributed by atoms with Gasteiger partial charge in [-0.3, -0.25) is 4.90 Å². The molecule has 0 N–H and O–H groups in total. The van der Waals surface area contributed by atoms with E-state index in [-0.39, 0.29) is 0 Å². The average Bonchev–Trinajstić information content (AvgIpc) is 3.02.